The molecule has 0 heterocycles. The van der Waals surface area contributed by atoms with E-state index in [0.29, 0.717) is 12.8 Å². The Bertz CT molecular complexity index is 71.8. The first-order valence-electron chi connectivity index (χ1n) is 2.71. The number of rotatable bonds is 4. The Kier molecular flexibility index (Phi) is 4.31. The second-order valence-corrected chi connectivity index (χ2v) is 2.94. The fraction of sp³-hybridized carbons (Fsp3) is 1.00. The molecule has 0 N–H and O–H groups in total. The van der Waals surface area contributed by atoms with Crippen LogP contribution in [-0.2, 0) is 5.11 Å². The summed E-state index contributed by atoms with van der Waals surface area (Å²) in [4.78, 5) is -2.78. The lowest BCUT2D eigenvalue weighted by Gasteiger charge is -2.04. The van der Waals surface area contributed by atoms with Crippen molar-refractivity contribution in [1.29, 1.82) is 0 Å². The van der Waals surface area contributed by atoms with Crippen molar-refractivity contribution in [3.8, 4) is 0 Å². The van der Waals surface area contributed by atoms with E-state index in [1.807, 2.05) is 0 Å². The van der Waals surface area contributed by atoms with Gasteiger partial charge in [-0.05, 0) is 28.8 Å². The molecule has 0 rings (SSSR count). The number of alkyl halides is 3. The largest absolute Gasteiger partial charge is 0.301 e. The van der Waals surface area contributed by atoms with E-state index in [1.54, 1.807) is 0 Å². The van der Waals surface area contributed by atoms with Gasteiger partial charge in [0.2, 0.25) is 0 Å². The Morgan fingerprint density at radius 2 is 1.89 bits per heavy atom. The van der Waals surface area contributed by atoms with Crippen molar-refractivity contribution >= 4 is 15.9 Å². The summed E-state index contributed by atoms with van der Waals surface area (Å²) in [5.41, 5.74) is 0. The van der Waals surface area contributed by atoms with Gasteiger partial charge in [-0.3, -0.25) is 0 Å². The zero-order valence-electron chi connectivity index (χ0n) is 4.87. The van der Waals surface area contributed by atoms with Gasteiger partial charge in [0, 0.05) is 6.42 Å². The highest BCUT2D eigenvalue weighted by Crippen LogP contribution is 2.27. The van der Waals surface area contributed by atoms with Gasteiger partial charge in [-0.1, -0.05) is 0 Å². The molecular formula is C5H8BrF2O. The smallest absolute Gasteiger partial charge is 0.237 e. The summed E-state index contributed by atoms with van der Waals surface area (Å²) in [6, 6.07) is 0. The van der Waals surface area contributed by atoms with Crippen LogP contribution in [0.4, 0.5) is 8.78 Å². The lowest BCUT2D eigenvalue weighted by molar-refractivity contribution is 0.0956. The van der Waals surface area contributed by atoms with Crippen LogP contribution in [0.3, 0.4) is 0 Å². The van der Waals surface area contributed by atoms with Gasteiger partial charge in [-0.15, -0.1) is 0 Å². The Labute approximate surface area is 61.2 Å². The minimum Gasteiger partial charge on any atom is -0.237 e. The fourth-order valence-electron chi connectivity index (χ4n) is 0.428. The summed E-state index contributed by atoms with van der Waals surface area (Å²) >= 11 is 2.17. The Morgan fingerprint density at radius 3 is 2.22 bits per heavy atom. The van der Waals surface area contributed by atoms with Gasteiger partial charge in [0.1, 0.15) is 0 Å². The van der Waals surface area contributed by atoms with Crippen molar-refractivity contribution in [1.82, 2.24) is 0 Å². The summed E-state index contributed by atoms with van der Waals surface area (Å²) in [5, 5.41) is 9.76. The highest BCUT2D eigenvalue weighted by Gasteiger charge is 2.22. The van der Waals surface area contributed by atoms with E-state index in [9.17, 15) is 13.9 Å². The van der Waals surface area contributed by atoms with Crippen LogP contribution in [0.1, 0.15) is 19.3 Å². The summed E-state index contributed by atoms with van der Waals surface area (Å²) in [5.74, 6) is 0. The van der Waals surface area contributed by atoms with Gasteiger partial charge < -0.3 is 0 Å². The van der Waals surface area contributed by atoms with Crippen LogP contribution in [0, 0.1) is 0 Å². The van der Waals surface area contributed by atoms with E-state index in [1.165, 1.54) is 0 Å². The zero-order chi connectivity index (χ0) is 7.33. The molecule has 0 spiro atoms. The van der Waals surface area contributed by atoms with Gasteiger partial charge in [-0.2, -0.15) is 8.78 Å². The molecule has 0 amide bonds. The molecule has 9 heavy (non-hydrogen) atoms. The molecule has 0 atom stereocenters. The van der Waals surface area contributed by atoms with Crippen molar-refractivity contribution < 1.29 is 13.9 Å². The third-order valence-electron chi connectivity index (χ3n) is 0.855. The maximum Gasteiger partial charge on any atom is 0.301 e. The number of unbranched alkanes of at least 4 members (excludes halogenated alkanes) is 1. The average molecular weight is 202 g/mol. The maximum absolute atomic E-state index is 11.9. The van der Waals surface area contributed by atoms with Gasteiger partial charge in [0.25, 0.3) is 0 Å². The van der Waals surface area contributed by atoms with Gasteiger partial charge in [0.05, 0.1) is 6.61 Å². The molecule has 0 unspecified atom stereocenters. The Balaban J connectivity index is 3.07. The van der Waals surface area contributed by atoms with Gasteiger partial charge in [-0.25, -0.2) is 5.11 Å². The lowest BCUT2D eigenvalue weighted by Crippen LogP contribution is -2.03. The van der Waals surface area contributed by atoms with E-state index in [4.69, 9.17) is 0 Å². The van der Waals surface area contributed by atoms with Crippen LogP contribution in [0.2, 0.25) is 0 Å². The molecule has 0 fully saturated rings. The molecule has 0 aromatic rings. The highest BCUT2D eigenvalue weighted by molar-refractivity contribution is 9.09. The Morgan fingerprint density at radius 1 is 1.33 bits per heavy atom. The predicted molar refractivity (Wildman–Crippen MR) is 33.3 cm³/mol. The SMILES string of the molecule is [O]CCCCC(F)(F)Br. The van der Waals surface area contributed by atoms with Crippen LogP contribution in [0.15, 0.2) is 0 Å². The van der Waals surface area contributed by atoms with Crippen molar-refractivity contribution in [2.24, 2.45) is 0 Å². The monoisotopic (exact) mass is 201 g/mol. The van der Waals surface area contributed by atoms with Crippen molar-refractivity contribution in [2.45, 2.75) is 24.1 Å². The molecule has 1 radical (unpaired) electrons. The maximum atomic E-state index is 11.9. The van der Waals surface area contributed by atoms with Gasteiger partial charge in [0.15, 0.2) is 0 Å². The van der Waals surface area contributed by atoms with E-state index < -0.39 is 4.83 Å². The fourth-order valence-corrected chi connectivity index (χ4v) is 0.708. The van der Waals surface area contributed by atoms with E-state index in [-0.39, 0.29) is 13.0 Å². The molecule has 55 valence electrons. The molecule has 0 aliphatic rings. The topological polar surface area (TPSA) is 19.9 Å². The average Bonchev–Trinajstić information content (AvgIpc) is 1.63. The third kappa shape index (κ3) is 8.30. The highest BCUT2D eigenvalue weighted by atomic mass is 79.9. The first-order valence-corrected chi connectivity index (χ1v) is 3.50. The second kappa shape index (κ2) is 4.17. The quantitative estimate of drug-likeness (QED) is 0.493. The third-order valence-corrected chi connectivity index (χ3v) is 1.25. The molecule has 0 saturated heterocycles. The standard InChI is InChI=1S/C5H8BrF2O/c6-5(7,8)3-1-2-4-9/h1-4H2. The zero-order valence-corrected chi connectivity index (χ0v) is 6.46. The molecule has 0 aromatic carbocycles. The van der Waals surface area contributed by atoms with E-state index in [0.717, 1.165) is 0 Å². The van der Waals surface area contributed by atoms with E-state index >= 15 is 0 Å². The van der Waals surface area contributed by atoms with Crippen LogP contribution in [0.25, 0.3) is 0 Å². The summed E-state index contributed by atoms with van der Waals surface area (Å²) in [7, 11) is 0. The van der Waals surface area contributed by atoms with Crippen LogP contribution in [-0.4, -0.2) is 11.4 Å². The normalized spacial score (nSPS) is 12.0. The summed E-state index contributed by atoms with van der Waals surface area (Å²) < 4.78 is 23.7. The summed E-state index contributed by atoms with van der Waals surface area (Å²) in [6.07, 6.45) is 0.387. The van der Waals surface area contributed by atoms with E-state index in [2.05, 4.69) is 15.9 Å². The second-order valence-electron chi connectivity index (χ2n) is 1.78. The molecule has 0 saturated carbocycles. The van der Waals surface area contributed by atoms with Crippen molar-refractivity contribution in [3.63, 3.8) is 0 Å². The molecule has 0 bridgehead atoms. The summed E-state index contributed by atoms with van der Waals surface area (Å²) in [6.45, 7) is -0.261. The van der Waals surface area contributed by atoms with Crippen LogP contribution >= 0.6 is 15.9 Å². The molecule has 0 aliphatic carbocycles. The molecule has 0 aliphatic heterocycles. The number of hydrogen-bond acceptors (Lipinski definition) is 0. The van der Waals surface area contributed by atoms with Crippen molar-refractivity contribution in [2.75, 3.05) is 6.61 Å². The van der Waals surface area contributed by atoms with Crippen molar-refractivity contribution in [3.05, 3.63) is 0 Å². The van der Waals surface area contributed by atoms with Gasteiger partial charge >= 0.3 is 4.83 Å². The Hall–Kier alpha value is 0.300. The predicted octanol–water partition coefficient (Wildman–Crippen LogP) is 2.57. The minimum atomic E-state index is -2.78. The minimum absolute atomic E-state index is 0.241. The first kappa shape index (κ1) is 9.30. The number of halogens is 3. The van der Waals surface area contributed by atoms with Crippen LogP contribution in [0.5, 0.6) is 0 Å². The number of hydrogen-bond donors (Lipinski definition) is 0. The first-order chi connectivity index (χ1) is 4.06. The lowest BCUT2D eigenvalue weighted by atomic mass is 10.2. The van der Waals surface area contributed by atoms with Crippen LogP contribution < -0.4 is 0 Å². The molecule has 4 heteroatoms. The molecule has 1 nitrogen and oxygen atoms in total. The molecular weight excluding hydrogens is 194 g/mol. The molecule has 0 aromatic heterocycles.